The highest BCUT2D eigenvalue weighted by Crippen LogP contribution is 1.74. The standard InChI is InChI=1S/C4H7BO2/c5-3-1-2-4(6)7/h1-2H,3,5H2,(H,6,7)/b2-1+. The Morgan fingerprint density at radius 2 is 2.43 bits per heavy atom. The molecule has 0 spiro atoms. The summed E-state index contributed by atoms with van der Waals surface area (Å²) in [5, 5.41) is 7.96. The SMILES string of the molecule is BC/C=C/C(=O)O. The van der Waals surface area contributed by atoms with Crippen molar-refractivity contribution in [3.8, 4) is 0 Å². The van der Waals surface area contributed by atoms with Crippen molar-refractivity contribution in [1.82, 2.24) is 0 Å². The number of carboxylic acid groups (broad SMARTS) is 1. The molecule has 0 unspecified atom stereocenters. The fraction of sp³-hybridized carbons (Fsp3) is 0.250. The quantitative estimate of drug-likeness (QED) is 0.379. The number of aliphatic carboxylic acids is 1. The molecule has 0 aromatic heterocycles. The molecule has 0 aliphatic rings. The topological polar surface area (TPSA) is 37.3 Å². The minimum atomic E-state index is -0.873. The zero-order valence-electron chi connectivity index (χ0n) is 4.22. The first-order chi connectivity index (χ1) is 3.27. The van der Waals surface area contributed by atoms with Crippen LogP contribution in [0.3, 0.4) is 0 Å². The third kappa shape index (κ3) is 5.27. The van der Waals surface area contributed by atoms with Crippen molar-refractivity contribution in [2.45, 2.75) is 6.32 Å². The highest BCUT2D eigenvalue weighted by molar-refractivity contribution is 6.09. The Balaban J connectivity index is 3.26. The lowest BCUT2D eigenvalue weighted by Crippen LogP contribution is -1.84. The smallest absolute Gasteiger partial charge is 0.327 e. The van der Waals surface area contributed by atoms with Gasteiger partial charge in [0, 0.05) is 6.08 Å². The highest BCUT2D eigenvalue weighted by atomic mass is 16.4. The van der Waals surface area contributed by atoms with E-state index in [1.807, 2.05) is 7.85 Å². The zero-order chi connectivity index (χ0) is 5.70. The van der Waals surface area contributed by atoms with Crippen LogP contribution in [-0.2, 0) is 4.79 Å². The molecule has 0 heterocycles. The molecule has 0 radical (unpaired) electrons. The van der Waals surface area contributed by atoms with Gasteiger partial charge >= 0.3 is 5.97 Å². The molecule has 7 heavy (non-hydrogen) atoms. The summed E-state index contributed by atoms with van der Waals surface area (Å²) in [7, 11) is 1.89. The van der Waals surface area contributed by atoms with Crippen molar-refractivity contribution in [1.29, 1.82) is 0 Å². The second-order valence-electron chi connectivity index (χ2n) is 1.15. The van der Waals surface area contributed by atoms with Crippen LogP contribution >= 0.6 is 0 Å². The Bertz CT molecular complexity index is 87.7. The number of rotatable bonds is 2. The zero-order valence-corrected chi connectivity index (χ0v) is 4.22. The van der Waals surface area contributed by atoms with Gasteiger partial charge < -0.3 is 5.11 Å². The van der Waals surface area contributed by atoms with Crippen LogP contribution in [0.5, 0.6) is 0 Å². The van der Waals surface area contributed by atoms with E-state index in [2.05, 4.69) is 0 Å². The lowest BCUT2D eigenvalue weighted by atomic mass is 10.1. The van der Waals surface area contributed by atoms with Crippen molar-refractivity contribution in [2.24, 2.45) is 0 Å². The minimum absolute atomic E-state index is 0.784. The van der Waals surface area contributed by atoms with Crippen molar-refractivity contribution >= 4 is 13.8 Å². The first kappa shape index (κ1) is 6.27. The van der Waals surface area contributed by atoms with E-state index in [0.717, 1.165) is 12.4 Å². The summed E-state index contributed by atoms with van der Waals surface area (Å²) < 4.78 is 0. The van der Waals surface area contributed by atoms with Crippen LogP contribution in [0.2, 0.25) is 6.32 Å². The largest absolute Gasteiger partial charge is 0.478 e. The van der Waals surface area contributed by atoms with E-state index in [1.165, 1.54) is 0 Å². The van der Waals surface area contributed by atoms with E-state index in [1.54, 1.807) is 6.08 Å². The van der Waals surface area contributed by atoms with Gasteiger partial charge in [-0.3, -0.25) is 0 Å². The lowest BCUT2D eigenvalue weighted by Gasteiger charge is -1.73. The molecule has 0 atom stereocenters. The van der Waals surface area contributed by atoms with Crippen LogP contribution in [0.25, 0.3) is 0 Å². The van der Waals surface area contributed by atoms with Gasteiger partial charge in [-0.1, -0.05) is 12.4 Å². The molecule has 0 saturated heterocycles. The molecule has 0 bridgehead atoms. The van der Waals surface area contributed by atoms with Gasteiger partial charge in [0.25, 0.3) is 0 Å². The summed E-state index contributed by atoms with van der Waals surface area (Å²) in [5.74, 6) is -0.873. The van der Waals surface area contributed by atoms with E-state index >= 15 is 0 Å². The predicted molar refractivity (Wildman–Crippen MR) is 30.1 cm³/mol. The van der Waals surface area contributed by atoms with Gasteiger partial charge in [-0.05, 0) is 0 Å². The van der Waals surface area contributed by atoms with Gasteiger partial charge in [-0.25, -0.2) is 4.79 Å². The Hall–Kier alpha value is -0.725. The molecular formula is C4H7BO2. The maximum atomic E-state index is 9.67. The van der Waals surface area contributed by atoms with E-state index in [-0.39, 0.29) is 0 Å². The Morgan fingerprint density at radius 1 is 1.86 bits per heavy atom. The fourth-order valence-corrected chi connectivity index (χ4v) is 0.219. The molecule has 0 aromatic carbocycles. The van der Waals surface area contributed by atoms with E-state index in [0.29, 0.717) is 0 Å². The number of hydrogen-bond acceptors (Lipinski definition) is 1. The fourth-order valence-electron chi connectivity index (χ4n) is 0.219. The average molecular weight is 97.9 g/mol. The highest BCUT2D eigenvalue weighted by Gasteiger charge is 1.79. The molecule has 1 N–H and O–H groups in total. The molecule has 0 aliphatic carbocycles. The van der Waals surface area contributed by atoms with Gasteiger partial charge in [0.15, 0.2) is 0 Å². The Kier molecular flexibility index (Phi) is 3.11. The summed E-state index contributed by atoms with van der Waals surface area (Å²) in [6, 6.07) is 0. The summed E-state index contributed by atoms with van der Waals surface area (Å²) in [6.07, 6.45) is 3.52. The lowest BCUT2D eigenvalue weighted by molar-refractivity contribution is -0.131. The van der Waals surface area contributed by atoms with Gasteiger partial charge in [0.05, 0.1) is 0 Å². The first-order valence-corrected chi connectivity index (χ1v) is 2.17. The Morgan fingerprint density at radius 3 is 2.57 bits per heavy atom. The van der Waals surface area contributed by atoms with Gasteiger partial charge in [0.1, 0.15) is 7.85 Å². The van der Waals surface area contributed by atoms with Crippen LogP contribution in [0, 0.1) is 0 Å². The number of hydrogen-bond donors (Lipinski definition) is 1. The average Bonchev–Trinajstić information content (AvgIpc) is 1.61. The molecule has 2 nitrogen and oxygen atoms in total. The number of allylic oxidation sites excluding steroid dienone is 1. The van der Waals surface area contributed by atoms with Gasteiger partial charge in [-0.15, -0.1) is 0 Å². The molecule has 0 aliphatic heterocycles. The molecule has 0 fully saturated rings. The second-order valence-corrected chi connectivity index (χ2v) is 1.15. The van der Waals surface area contributed by atoms with Crippen molar-refractivity contribution in [3.05, 3.63) is 12.2 Å². The van der Waals surface area contributed by atoms with Gasteiger partial charge in [0.2, 0.25) is 0 Å². The third-order valence-corrected chi connectivity index (χ3v) is 0.496. The molecule has 0 aromatic rings. The van der Waals surface area contributed by atoms with E-state index < -0.39 is 5.97 Å². The molecular weight excluding hydrogens is 90.9 g/mol. The normalized spacial score (nSPS) is 9.71. The molecule has 0 rings (SSSR count). The number of carbonyl (C=O) groups is 1. The second kappa shape index (κ2) is 3.46. The van der Waals surface area contributed by atoms with Crippen molar-refractivity contribution < 1.29 is 9.90 Å². The van der Waals surface area contributed by atoms with Crippen LogP contribution in [0.1, 0.15) is 0 Å². The van der Waals surface area contributed by atoms with Crippen molar-refractivity contribution in [3.63, 3.8) is 0 Å². The molecule has 0 saturated carbocycles. The molecule has 38 valence electrons. The predicted octanol–water partition coefficient (Wildman–Crippen LogP) is -0.321. The third-order valence-electron chi connectivity index (χ3n) is 0.496. The van der Waals surface area contributed by atoms with Crippen LogP contribution in [-0.4, -0.2) is 18.9 Å². The van der Waals surface area contributed by atoms with Crippen LogP contribution in [0.15, 0.2) is 12.2 Å². The number of carboxylic acids is 1. The molecule has 0 amide bonds. The van der Waals surface area contributed by atoms with E-state index in [9.17, 15) is 4.79 Å². The minimum Gasteiger partial charge on any atom is -0.478 e. The summed E-state index contributed by atoms with van der Waals surface area (Å²) in [4.78, 5) is 9.67. The Labute approximate surface area is 43.3 Å². The van der Waals surface area contributed by atoms with E-state index in [4.69, 9.17) is 5.11 Å². The molecule has 3 heteroatoms. The summed E-state index contributed by atoms with van der Waals surface area (Å²) in [6.45, 7) is 0. The monoisotopic (exact) mass is 98.1 g/mol. The van der Waals surface area contributed by atoms with Crippen LogP contribution < -0.4 is 0 Å². The summed E-state index contributed by atoms with van der Waals surface area (Å²) in [5.41, 5.74) is 0. The van der Waals surface area contributed by atoms with Crippen LogP contribution in [0.4, 0.5) is 0 Å². The maximum Gasteiger partial charge on any atom is 0.327 e. The van der Waals surface area contributed by atoms with Crippen molar-refractivity contribution in [2.75, 3.05) is 0 Å². The maximum absolute atomic E-state index is 9.67. The first-order valence-electron chi connectivity index (χ1n) is 2.17. The van der Waals surface area contributed by atoms with Gasteiger partial charge in [-0.2, -0.15) is 0 Å². The summed E-state index contributed by atoms with van der Waals surface area (Å²) >= 11 is 0.